The Morgan fingerprint density at radius 3 is 2.42 bits per heavy atom. The second-order valence-corrected chi connectivity index (χ2v) is 8.54. The predicted octanol–water partition coefficient (Wildman–Crippen LogP) is 1.72. The molecule has 0 aromatic rings. The Balaban J connectivity index is 1.74. The van der Waals surface area contributed by atoms with E-state index in [1.54, 1.807) is 0 Å². The predicted molar refractivity (Wildman–Crippen MR) is 76.5 cm³/mol. The van der Waals surface area contributed by atoms with Crippen LogP contribution in [0.5, 0.6) is 0 Å². The highest BCUT2D eigenvalue weighted by Gasteiger charge is 2.42. The van der Waals surface area contributed by atoms with Gasteiger partial charge in [0, 0.05) is 19.1 Å². The van der Waals surface area contributed by atoms with E-state index < -0.39 is 10.0 Å². The number of piperidine rings is 1. The van der Waals surface area contributed by atoms with Crippen LogP contribution in [0.15, 0.2) is 0 Å². The second kappa shape index (κ2) is 5.70. The van der Waals surface area contributed by atoms with Crippen LogP contribution in [0, 0.1) is 5.92 Å². The number of hydrogen-bond donors (Lipinski definition) is 1. The summed E-state index contributed by atoms with van der Waals surface area (Å²) < 4.78 is 27.6. The van der Waals surface area contributed by atoms with E-state index in [0.29, 0.717) is 18.5 Å². The van der Waals surface area contributed by atoms with Gasteiger partial charge in [-0.15, -0.1) is 0 Å². The molecule has 0 aromatic heterocycles. The molecule has 2 atom stereocenters. The average molecular weight is 286 g/mol. The molecule has 3 aliphatic rings. The first-order valence-electron chi connectivity index (χ1n) is 7.91. The van der Waals surface area contributed by atoms with Crippen LogP contribution in [0.4, 0.5) is 0 Å². The summed E-state index contributed by atoms with van der Waals surface area (Å²) in [5, 5.41) is 3.07. The van der Waals surface area contributed by atoms with Crippen molar-refractivity contribution in [1.82, 2.24) is 9.62 Å². The molecule has 0 amide bonds. The molecule has 2 saturated heterocycles. The number of nitrogens with zero attached hydrogens (tertiary/aromatic N) is 1. The summed E-state index contributed by atoms with van der Waals surface area (Å²) in [6.07, 6.45) is 9.03. The summed E-state index contributed by atoms with van der Waals surface area (Å²) in [5.41, 5.74) is 0. The topological polar surface area (TPSA) is 49.4 Å². The van der Waals surface area contributed by atoms with Crippen molar-refractivity contribution in [3.05, 3.63) is 0 Å². The van der Waals surface area contributed by atoms with Crippen molar-refractivity contribution in [3.8, 4) is 0 Å². The van der Waals surface area contributed by atoms with Crippen LogP contribution in [0.2, 0.25) is 0 Å². The molecule has 2 heterocycles. The summed E-state index contributed by atoms with van der Waals surface area (Å²) >= 11 is 0. The fourth-order valence-electron chi connectivity index (χ4n) is 4.16. The SMILES string of the molecule is O=S(=O)(C1CCCNC1)N1CCCC1C1CCCC1. The van der Waals surface area contributed by atoms with Gasteiger partial charge >= 0.3 is 0 Å². The van der Waals surface area contributed by atoms with Crippen LogP contribution in [-0.4, -0.2) is 43.6 Å². The molecule has 3 fully saturated rings. The van der Waals surface area contributed by atoms with Gasteiger partial charge in [0.05, 0.1) is 5.25 Å². The molecule has 1 aliphatic carbocycles. The normalized spacial score (nSPS) is 34.9. The van der Waals surface area contributed by atoms with Crippen LogP contribution < -0.4 is 5.32 Å². The van der Waals surface area contributed by atoms with Crippen LogP contribution >= 0.6 is 0 Å². The molecule has 1 saturated carbocycles. The highest BCUT2D eigenvalue weighted by molar-refractivity contribution is 7.89. The molecule has 110 valence electrons. The summed E-state index contributed by atoms with van der Waals surface area (Å²) in [4.78, 5) is 0. The van der Waals surface area contributed by atoms with E-state index in [2.05, 4.69) is 5.32 Å². The van der Waals surface area contributed by atoms with Crippen LogP contribution in [-0.2, 0) is 10.0 Å². The van der Waals surface area contributed by atoms with Crippen molar-refractivity contribution in [3.63, 3.8) is 0 Å². The second-order valence-electron chi connectivity index (χ2n) is 6.38. The van der Waals surface area contributed by atoms with Crippen LogP contribution in [0.3, 0.4) is 0 Å². The van der Waals surface area contributed by atoms with Gasteiger partial charge in [-0.1, -0.05) is 12.8 Å². The van der Waals surface area contributed by atoms with Crippen molar-refractivity contribution in [2.45, 2.75) is 62.7 Å². The molecule has 2 unspecified atom stereocenters. The third kappa shape index (κ3) is 2.69. The zero-order valence-corrected chi connectivity index (χ0v) is 12.5. The van der Waals surface area contributed by atoms with Gasteiger partial charge in [-0.3, -0.25) is 0 Å². The standard InChI is InChI=1S/C14H26N2O2S/c17-19(18,13-7-3-9-15-11-13)16-10-4-8-14(16)12-5-1-2-6-12/h12-15H,1-11H2. The molecule has 0 radical (unpaired) electrons. The summed E-state index contributed by atoms with van der Waals surface area (Å²) in [6, 6.07) is 0.314. The zero-order chi connectivity index (χ0) is 13.3. The molecule has 1 N–H and O–H groups in total. The first kappa shape index (κ1) is 13.8. The monoisotopic (exact) mass is 286 g/mol. The van der Waals surface area contributed by atoms with Gasteiger partial charge in [0.15, 0.2) is 0 Å². The molecule has 0 spiro atoms. The van der Waals surface area contributed by atoms with Crippen molar-refractivity contribution in [1.29, 1.82) is 0 Å². The third-order valence-corrected chi connectivity index (χ3v) is 7.54. The van der Waals surface area contributed by atoms with Crippen molar-refractivity contribution >= 4 is 10.0 Å². The minimum absolute atomic E-state index is 0.178. The van der Waals surface area contributed by atoms with Gasteiger partial charge in [0.25, 0.3) is 0 Å². The molecule has 5 heteroatoms. The molecular weight excluding hydrogens is 260 g/mol. The van der Waals surface area contributed by atoms with E-state index >= 15 is 0 Å². The number of nitrogens with one attached hydrogen (secondary N) is 1. The van der Waals surface area contributed by atoms with Gasteiger partial charge in [-0.25, -0.2) is 8.42 Å². The number of sulfonamides is 1. The Morgan fingerprint density at radius 2 is 1.74 bits per heavy atom. The van der Waals surface area contributed by atoms with E-state index in [1.165, 1.54) is 25.7 Å². The van der Waals surface area contributed by atoms with E-state index in [-0.39, 0.29) is 5.25 Å². The molecule has 19 heavy (non-hydrogen) atoms. The highest BCUT2D eigenvalue weighted by atomic mass is 32.2. The lowest BCUT2D eigenvalue weighted by Crippen LogP contribution is -2.49. The molecule has 0 bridgehead atoms. The minimum atomic E-state index is -3.08. The van der Waals surface area contributed by atoms with Crippen LogP contribution in [0.25, 0.3) is 0 Å². The van der Waals surface area contributed by atoms with E-state index in [0.717, 1.165) is 38.8 Å². The van der Waals surface area contributed by atoms with E-state index in [9.17, 15) is 8.42 Å². The quantitative estimate of drug-likeness (QED) is 0.859. The largest absolute Gasteiger partial charge is 0.315 e. The molecule has 0 aromatic carbocycles. The lowest BCUT2D eigenvalue weighted by Gasteiger charge is -2.33. The Hall–Kier alpha value is -0.130. The summed E-state index contributed by atoms with van der Waals surface area (Å²) in [7, 11) is -3.08. The van der Waals surface area contributed by atoms with Gasteiger partial charge < -0.3 is 5.32 Å². The van der Waals surface area contributed by atoms with Gasteiger partial charge in [0.2, 0.25) is 10.0 Å². The summed E-state index contributed by atoms with van der Waals surface area (Å²) in [6.45, 7) is 2.38. The molecule has 3 rings (SSSR count). The number of hydrogen-bond acceptors (Lipinski definition) is 3. The van der Waals surface area contributed by atoms with E-state index in [4.69, 9.17) is 0 Å². The first-order chi connectivity index (χ1) is 9.19. The lowest BCUT2D eigenvalue weighted by atomic mass is 9.97. The van der Waals surface area contributed by atoms with Crippen molar-refractivity contribution in [2.24, 2.45) is 5.92 Å². The Morgan fingerprint density at radius 1 is 0.947 bits per heavy atom. The Labute approximate surface area is 117 Å². The molecular formula is C14H26N2O2S. The fourth-order valence-corrected chi connectivity index (χ4v) is 6.38. The number of rotatable bonds is 3. The minimum Gasteiger partial charge on any atom is -0.315 e. The maximum absolute atomic E-state index is 12.8. The van der Waals surface area contributed by atoms with Crippen LogP contribution in [0.1, 0.15) is 51.4 Å². The van der Waals surface area contributed by atoms with Gasteiger partial charge in [0.1, 0.15) is 0 Å². The maximum atomic E-state index is 12.8. The fraction of sp³-hybridized carbons (Fsp3) is 1.00. The maximum Gasteiger partial charge on any atom is 0.218 e. The van der Waals surface area contributed by atoms with Crippen molar-refractivity contribution in [2.75, 3.05) is 19.6 Å². The highest BCUT2D eigenvalue weighted by Crippen LogP contribution is 2.37. The van der Waals surface area contributed by atoms with Crippen molar-refractivity contribution < 1.29 is 8.42 Å². The zero-order valence-electron chi connectivity index (χ0n) is 11.7. The first-order valence-corrected chi connectivity index (χ1v) is 9.41. The Bertz CT molecular complexity index is 398. The van der Waals surface area contributed by atoms with E-state index in [1.807, 2.05) is 4.31 Å². The third-order valence-electron chi connectivity index (χ3n) is 5.19. The average Bonchev–Trinajstić information content (AvgIpc) is 3.10. The lowest BCUT2D eigenvalue weighted by molar-refractivity contribution is 0.283. The van der Waals surface area contributed by atoms with Gasteiger partial charge in [-0.2, -0.15) is 4.31 Å². The Kier molecular flexibility index (Phi) is 4.15. The molecule has 2 aliphatic heterocycles. The molecule has 4 nitrogen and oxygen atoms in total. The smallest absolute Gasteiger partial charge is 0.218 e. The summed E-state index contributed by atoms with van der Waals surface area (Å²) in [5.74, 6) is 0.633. The van der Waals surface area contributed by atoms with Gasteiger partial charge in [-0.05, 0) is 51.0 Å².